The number of hydrogen-bond acceptors (Lipinski definition) is 5. The van der Waals surface area contributed by atoms with Crippen molar-refractivity contribution in [3.8, 4) is 5.75 Å². The fourth-order valence-electron chi connectivity index (χ4n) is 1.87. The van der Waals surface area contributed by atoms with Crippen LogP contribution in [0.4, 0.5) is 10.4 Å². The van der Waals surface area contributed by atoms with Crippen LogP contribution in [0.15, 0.2) is 34.5 Å². The average molecular weight is 308 g/mol. The Morgan fingerprint density at radius 1 is 1.45 bits per heavy atom. The third kappa shape index (κ3) is 4.46. The van der Waals surface area contributed by atoms with Gasteiger partial charge in [0.25, 0.3) is 6.01 Å². The molecule has 0 saturated heterocycles. The first-order chi connectivity index (χ1) is 10.8. The second-order valence-electron chi connectivity index (χ2n) is 4.83. The van der Waals surface area contributed by atoms with Crippen LogP contribution in [-0.4, -0.2) is 31.9 Å². The van der Waals surface area contributed by atoms with Crippen molar-refractivity contribution in [2.75, 3.05) is 32.2 Å². The van der Waals surface area contributed by atoms with E-state index in [2.05, 4.69) is 10.3 Å². The van der Waals surface area contributed by atoms with Crippen molar-refractivity contribution in [3.63, 3.8) is 0 Å². The Morgan fingerprint density at radius 2 is 2.32 bits per heavy atom. The highest BCUT2D eigenvalue weighted by atomic mass is 19.1. The van der Waals surface area contributed by atoms with Crippen LogP contribution in [0, 0.1) is 0 Å². The Balaban J connectivity index is 1.98. The Hall–Kier alpha value is -2.08. The number of fused-ring (bicyclic) bond motifs is 1. The molecule has 2 aromatic rings. The van der Waals surface area contributed by atoms with Crippen LogP contribution >= 0.6 is 0 Å². The van der Waals surface area contributed by atoms with Gasteiger partial charge in [-0.15, -0.1) is 0 Å². The second kappa shape index (κ2) is 8.38. The van der Waals surface area contributed by atoms with Crippen molar-refractivity contribution in [2.45, 2.75) is 19.8 Å². The molecule has 22 heavy (non-hydrogen) atoms. The van der Waals surface area contributed by atoms with Crippen LogP contribution < -0.4 is 10.1 Å². The average Bonchev–Trinajstić information content (AvgIpc) is 2.94. The number of benzene rings is 1. The lowest BCUT2D eigenvalue weighted by Crippen LogP contribution is -2.04. The molecule has 0 bridgehead atoms. The number of ether oxygens (including phenoxy) is 2. The zero-order valence-corrected chi connectivity index (χ0v) is 12.9. The maximum absolute atomic E-state index is 12.5. The van der Waals surface area contributed by atoms with Gasteiger partial charge in [0.1, 0.15) is 17.9 Å². The maximum Gasteiger partial charge on any atom is 0.295 e. The van der Waals surface area contributed by atoms with E-state index in [0.29, 0.717) is 42.3 Å². The number of rotatable bonds is 9. The maximum atomic E-state index is 12.5. The van der Waals surface area contributed by atoms with E-state index in [1.54, 1.807) is 19.2 Å². The lowest BCUT2D eigenvalue weighted by Gasteiger charge is -2.06. The molecule has 0 aliphatic carbocycles. The van der Waals surface area contributed by atoms with E-state index in [-0.39, 0.29) is 6.61 Å². The second-order valence-corrected chi connectivity index (χ2v) is 4.83. The third-order valence-electron chi connectivity index (χ3n) is 3.19. The van der Waals surface area contributed by atoms with Crippen LogP contribution in [0.1, 0.15) is 19.8 Å². The number of halogens is 1. The third-order valence-corrected chi connectivity index (χ3v) is 3.19. The molecule has 2 rings (SSSR count). The molecule has 120 valence electrons. The zero-order valence-electron chi connectivity index (χ0n) is 12.9. The summed E-state index contributed by atoms with van der Waals surface area (Å²) in [7, 11) is 1.67. The molecule has 0 fully saturated rings. The fraction of sp³-hybridized carbons (Fsp3) is 0.438. The van der Waals surface area contributed by atoms with Gasteiger partial charge in [0, 0.05) is 26.3 Å². The minimum absolute atomic E-state index is 0.231. The molecule has 6 heteroatoms. The molecule has 0 spiro atoms. The number of hydrogen-bond donors (Lipinski definition) is 1. The van der Waals surface area contributed by atoms with E-state index in [0.717, 1.165) is 18.5 Å². The summed E-state index contributed by atoms with van der Waals surface area (Å²) in [6.07, 6.45) is 2.09. The summed E-state index contributed by atoms with van der Waals surface area (Å²) < 4.78 is 28.6. The number of aromatic nitrogens is 1. The summed E-state index contributed by atoms with van der Waals surface area (Å²) in [6.45, 7) is 3.53. The van der Waals surface area contributed by atoms with Gasteiger partial charge in [0.15, 0.2) is 5.58 Å². The van der Waals surface area contributed by atoms with E-state index < -0.39 is 0 Å². The molecule has 0 unspecified atom stereocenters. The van der Waals surface area contributed by atoms with Crippen LogP contribution in [0.25, 0.3) is 11.1 Å². The van der Waals surface area contributed by atoms with Gasteiger partial charge in [0.2, 0.25) is 0 Å². The Bertz CT molecular complexity index is 625. The van der Waals surface area contributed by atoms with Crippen molar-refractivity contribution >= 4 is 17.1 Å². The van der Waals surface area contributed by atoms with Crippen molar-refractivity contribution in [3.05, 3.63) is 30.1 Å². The van der Waals surface area contributed by atoms with Gasteiger partial charge in [-0.2, -0.15) is 4.98 Å². The van der Waals surface area contributed by atoms with Gasteiger partial charge in [-0.05, 0) is 30.5 Å². The van der Waals surface area contributed by atoms with Crippen LogP contribution in [0.2, 0.25) is 0 Å². The topological polar surface area (TPSA) is 56.5 Å². The zero-order chi connectivity index (χ0) is 15.8. The molecule has 0 aliphatic rings. The van der Waals surface area contributed by atoms with Crippen LogP contribution in [0.3, 0.4) is 0 Å². The van der Waals surface area contributed by atoms with Crippen molar-refractivity contribution in [1.82, 2.24) is 4.98 Å². The van der Waals surface area contributed by atoms with E-state index in [1.165, 1.54) is 0 Å². The number of methoxy groups -OCH3 is 1. The van der Waals surface area contributed by atoms with E-state index in [4.69, 9.17) is 13.9 Å². The Morgan fingerprint density at radius 3 is 3.05 bits per heavy atom. The normalized spacial score (nSPS) is 11.9. The highest BCUT2D eigenvalue weighted by Gasteiger charge is 2.07. The standard InChI is InChI=1S/C16H21FN2O3/c1-3-12(10-17)11-21-13-5-6-14-15(9-13)22-16(19-14)18-7-4-8-20-2/h5-6,9-10H,3-4,7-8,11H2,1-2H3,(H,18,19)/b12-10-. The first kappa shape index (κ1) is 16.3. The molecule has 5 nitrogen and oxygen atoms in total. The first-order valence-corrected chi connectivity index (χ1v) is 7.31. The molecule has 0 radical (unpaired) electrons. The van der Waals surface area contributed by atoms with Gasteiger partial charge < -0.3 is 19.2 Å². The quantitative estimate of drug-likeness (QED) is 0.712. The SMILES string of the molecule is CC/C(=C/F)COc1ccc2nc(NCCCOC)oc2c1. The molecular formula is C16H21FN2O3. The highest BCUT2D eigenvalue weighted by molar-refractivity contribution is 5.76. The number of nitrogens with zero attached hydrogens (tertiary/aromatic N) is 1. The van der Waals surface area contributed by atoms with Crippen molar-refractivity contribution in [1.29, 1.82) is 0 Å². The summed E-state index contributed by atoms with van der Waals surface area (Å²) in [6, 6.07) is 5.85. The minimum atomic E-state index is 0.231. The molecule has 0 saturated carbocycles. The van der Waals surface area contributed by atoms with E-state index in [9.17, 15) is 4.39 Å². The molecule has 0 atom stereocenters. The lowest BCUT2D eigenvalue weighted by atomic mass is 10.2. The van der Waals surface area contributed by atoms with Gasteiger partial charge in [0.05, 0.1) is 6.33 Å². The first-order valence-electron chi connectivity index (χ1n) is 7.31. The van der Waals surface area contributed by atoms with Gasteiger partial charge in [-0.25, -0.2) is 4.39 Å². The highest BCUT2D eigenvalue weighted by Crippen LogP contribution is 2.24. The number of oxazole rings is 1. The minimum Gasteiger partial charge on any atom is -0.489 e. The molecule has 1 aromatic carbocycles. The largest absolute Gasteiger partial charge is 0.489 e. The van der Waals surface area contributed by atoms with Crippen LogP contribution in [0.5, 0.6) is 5.75 Å². The monoisotopic (exact) mass is 308 g/mol. The summed E-state index contributed by atoms with van der Waals surface area (Å²) in [5.41, 5.74) is 1.99. The molecule has 1 heterocycles. The number of nitrogens with one attached hydrogen (secondary N) is 1. The van der Waals surface area contributed by atoms with Crippen molar-refractivity contribution in [2.24, 2.45) is 0 Å². The summed E-state index contributed by atoms with van der Waals surface area (Å²) in [5.74, 6) is 0.627. The predicted molar refractivity (Wildman–Crippen MR) is 84.0 cm³/mol. The Labute approximate surface area is 129 Å². The van der Waals surface area contributed by atoms with Crippen LogP contribution in [-0.2, 0) is 4.74 Å². The Kier molecular flexibility index (Phi) is 6.21. The van der Waals surface area contributed by atoms with Gasteiger partial charge in [-0.1, -0.05) is 6.92 Å². The molecule has 1 N–H and O–H groups in total. The summed E-state index contributed by atoms with van der Waals surface area (Å²) >= 11 is 0. The fourth-order valence-corrected chi connectivity index (χ4v) is 1.87. The van der Waals surface area contributed by atoms with Crippen molar-refractivity contribution < 1.29 is 18.3 Å². The predicted octanol–water partition coefficient (Wildman–Crippen LogP) is 3.92. The van der Waals surface area contributed by atoms with Gasteiger partial charge in [-0.3, -0.25) is 0 Å². The number of anilines is 1. The lowest BCUT2D eigenvalue weighted by molar-refractivity contribution is 0.197. The summed E-state index contributed by atoms with van der Waals surface area (Å²) in [5, 5.41) is 3.10. The van der Waals surface area contributed by atoms with Gasteiger partial charge >= 0.3 is 0 Å². The summed E-state index contributed by atoms with van der Waals surface area (Å²) in [4.78, 5) is 4.33. The smallest absolute Gasteiger partial charge is 0.295 e. The van der Waals surface area contributed by atoms with E-state index >= 15 is 0 Å². The molecule has 1 aromatic heterocycles. The molecule has 0 aliphatic heterocycles. The van der Waals surface area contributed by atoms with E-state index in [1.807, 2.05) is 13.0 Å². The molecule has 0 amide bonds. The molecular weight excluding hydrogens is 287 g/mol.